The molecular weight excluding hydrogens is 161 g/mol. The molecule has 1 aliphatic carbocycles. The fraction of sp³-hybridized carbons (Fsp3) is 0.333. The van der Waals surface area contributed by atoms with Gasteiger partial charge in [0.05, 0.1) is 12.5 Å². The third kappa shape index (κ3) is 3.11. The summed E-state index contributed by atoms with van der Waals surface area (Å²) in [6, 6.07) is 1.99. The zero-order chi connectivity index (χ0) is 9.03. The van der Waals surface area contributed by atoms with Crippen LogP contribution in [0.2, 0.25) is 0 Å². The second-order valence-electron chi connectivity index (χ2n) is 2.76. The second-order valence-corrected chi connectivity index (χ2v) is 2.76. The van der Waals surface area contributed by atoms with Crippen LogP contribution in [0.1, 0.15) is 12.8 Å². The molecule has 0 unspecified atom stereocenters. The molecule has 0 heterocycles. The van der Waals surface area contributed by atoms with Crippen molar-refractivity contribution in [3.05, 3.63) is 24.3 Å². The summed E-state index contributed by atoms with van der Waals surface area (Å²) in [6.07, 6.45) is 7.56. The Morgan fingerprint density at radius 1 is 1.54 bits per heavy atom. The van der Waals surface area contributed by atoms with E-state index < -0.39 is 11.4 Å². The third-order valence-electron chi connectivity index (χ3n) is 1.75. The number of hydrogen-bond acceptors (Lipinski definition) is 2. The Labute approximate surface area is 88.9 Å². The van der Waals surface area contributed by atoms with Crippen molar-refractivity contribution in [3.63, 3.8) is 0 Å². The van der Waals surface area contributed by atoms with Gasteiger partial charge in [-0.15, -0.1) is 0 Å². The minimum Gasteiger partial charge on any atom is -0.481 e. The van der Waals surface area contributed by atoms with E-state index in [1.165, 1.54) is 0 Å². The summed E-state index contributed by atoms with van der Waals surface area (Å²) >= 11 is 0. The average molecular weight is 170 g/mol. The van der Waals surface area contributed by atoms with E-state index in [1.807, 2.05) is 18.2 Å². The van der Waals surface area contributed by atoms with Gasteiger partial charge >= 0.3 is 5.97 Å². The van der Waals surface area contributed by atoms with Gasteiger partial charge in [-0.2, -0.15) is 5.26 Å². The first kappa shape index (κ1) is 12.0. The third-order valence-corrected chi connectivity index (χ3v) is 1.75. The zero-order valence-electron chi connectivity index (χ0n) is 7.53. The summed E-state index contributed by atoms with van der Waals surface area (Å²) in [7, 11) is 0. The molecule has 63 valence electrons. The summed E-state index contributed by atoms with van der Waals surface area (Å²) in [6.45, 7) is 0. The molecule has 0 bridgehead atoms. The first-order chi connectivity index (χ1) is 5.68. The monoisotopic (exact) mass is 170 g/mol. The van der Waals surface area contributed by atoms with Crippen LogP contribution in [0.25, 0.3) is 0 Å². The molecule has 0 fully saturated rings. The molecule has 0 aromatic carbocycles. The number of nitriles is 1. The largest absolute Gasteiger partial charge is 0.481 e. The summed E-state index contributed by atoms with van der Waals surface area (Å²) in [5, 5.41) is 17.3. The molecule has 13 heavy (non-hydrogen) atoms. The van der Waals surface area contributed by atoms with Crippen molar-refractivity contribution >= 4 is 24.8 Å². The molecule has 0 aliphatic heterocycles. The minimum atomic E-state index is -0.951. The van der Waals surface area contributed by atoms with Crippen LogP contribution in [-0.4, -0.2) is 29.9 Å². The number of carboxylic acid groups (broad SMARTS) is 1. The predicted octanol–water partition coefficient (Wildman–Crippen LogP) is 1.11. The minimum absolute atomic E-state index is 0. The number of carbonyl (C=O) groups is 1. The van der Waals surface area contributed by atoms with Gasteiger partial charge in [0.2, 0.25) is 0 Å². The van der Waals surface area contributed by atoms with Crippen molar-refractivity contribution in [1.29, 1.82) is 5.26 Å². The van der Waals surface area contributed by atoms with E-state index >= 15 is 0 Å². The average Bonchev–Trinajstić information content (AvgIpc) is 2.05. The van der Waals surface area contributed by atoms with Gasteiger partial charge in [-0.25, -0.2) is 0 Å². The van der Waals surface area contributed by atoms with Crippen LogP contribution in [0.15, 0.2) is 24.3 Å². The van der Waals surface area contributed by atoms with Crippen molar-refractivity contribution in [3.8, 4) is 6.07 Å². The zero-order valence-corrected chi connectivity index (χ0v) is 7.53. The van der Waals surface area contributed by atoms with Crippen molar-refractivity contribution in [2.75, 3.05) is 0 Å². The van der Waals surface area contributed by atoms with Crippen LogP contribution in [-0.2, 0) is 4.79 Å². The van der Waals surface area contributed by atoms with E-state index in [4.69, 9.17) is 10.4 Å². The molecule has 0 aromatic heterocycles. The second kappa shape index (κ2) is 4.92. The fourth-order valence-corrected chi connectivity index (χ4v) is 1.17. The van der Waals surface area contributed by atoms with Crippen LogP contribution in [0.3, 0.4) is 0 Å². The van der Waals surface area contributed by atoms with Crippen molar-refractivity contribution in [1.82, 2.24) is 0 Å². The van der Waals surface area contributed by atoms with Gasteiger partial charge in [-0.1, -0.05) is 24.3 Å². The molecule has 1 N–H and O–H groups in total. The number of rotatable bonds is 2. The molecule has 0 atom stereocenters. The maximum Gasteiger partial charge on any atom is 0.305 e. The number of allylic oxidation sites excluding steroid dienone is 4. The Balaban J connectivity index is 0.00000144. The molecule has 1 rings (SSSR count). The van der Waals surface area contributed by atoms with E-state index in [2.05, 4.69) is 0 Å². The quantitative estimate of drug-likeness (QED) is 0.498. The van der Waals surface area contributed by atoms with E-state index in [0.29, 0.717) is 0 Å². The molecule has 0 saturated carbocycles. The molecule has 1 aliphatic rings. The maximum atomic E-state index is 10.4. The van der Waals surface area contributed by atoms with E-state index in [-0.39, 0.29) is 25.3 Å². The Morgan fingerprint density at radius 3 is 2.46 bits per heavy atom. The van der Waals surface area contributed by atoms with Crippen LogP contribution in [0.5, 0.6) is 0 Å². The number of hydrogen-bond donors (Lipinski definition) is 1. The molecule has 0 amide bonds. The smallest absolute Gasteiger partial charge is 0.305 e. The van der Waals surface area contributed by atoms with E-state index in [1.54, 1.807) is 12.2 Å². The van der Waals surface area contributed by atoms with Crippen LogP contribution < -0.4 is 0 Å². The van der Waals surface area contributed by atoms with Crippen LogP contribution >= 0.6 is 0 Å². The Hall–Kier alpha value is -0.963. The summed E-state index contributed by atoms with van der Waals surface area (Å²) in [5.41, 5.74) is -0.913. The first-order valence-corrected chi connectivity index (χ1v) is 3.67. The number of aliphatic carboxylic acids is 1. The van der Waals surface area contributed by atoms with Gasteiger partial charge in [0.25, 0.3) is 0 Å². The normalized spacial score (nSPS) is 17.2. The summed E-state index contributed by atoms with van der Waals surface area (Å²) in [5.74, 6) is -0.951. The van der Waals surface area contributed by atoms with E-state index in [9.17, 15) is 4.79 Å². The number of nitrogens with zero attached hydrogens (tertiary/aromatic N) is 1. The molecule has 0 saturated heterocycles. The number of carboxylic acids is 1. The topological polar surface area (TPSA) is 61.1 Å². The van der Waals surface area contributed by atoms with Gasteiger partial charge < -0.3 is 5.11 Å². The van der Waals surface area contributed by atoms with Crippen LogP contribution in [0.4, 0.5) is 0 Å². The predicted molar refractivity (Wildman–Crippen MR) is 48.9 cm³/mol. The Bertz CT molecular complexity index is 276. The van der Waals surface area contributed by atoms with Crippen molar-refractivity contribution in [2.45, 2.75) is 12.8 Å². The molecule has 0 aromatic rings. The first-order valence-electron chi connectivity index (χ1n) is 3.67. The van der Waals surface area contributed by atoms with Gasteiger partial charge in [0, 0.05) is 18.9 Å². The molecule has 4 heteroatoms. The van der Waals surface area contributed by atoms with Gasteiger partial charge in [-0.3, -0.25) is 4.79 Å². The van der Waals surface area contributed by atoms with Gasteiger partial charge in [0.1, 0.15) is 5.41 Å². The molecule has 0 spiro atoms. The molecule has 1 radical (unpaired) electrons. The summed E-state index contributed by atoms with van der Waals surface area (Å²) < 4.78 is 0. The van der Waals surface area contributed by atoms with Crippen LogP contribution in [0, 0.1) is 16.7 Å². The van der Waals surface area contributed by atoms with E-state index in [0.717, 1.165) is 6.42 Å². The summed E-state index contributed by atoms with van der Waals surface area (Å²) in [4.78, 5) is 10.4. The van der Waals surface area contributed by atoms with Gasteiger partial charge in [-0.05, 0) is 6.42 Å². The fourth-order valence-electron chi connectivity index (χ4n) is 1.17. The standard InChI is InChI=1S/C9H9NO2.Li/c10-7-9(6-8(11)12)4-2-1-3-5-9;/h2-5H,1,6H2,(H,11,12);. The molecule has 3 nitrogen and oxygen atoms in total. The molecular formula is C9H9LiNO2. The van der Waals surface area contributed by atoms with Crippen molar-refractivity contribution in [2.24, 2.45) is 5.41 Å². The van der Waals surface area contributed by atoms with Gasteiger partial charge in [0.15, 0.2) is 0 Å². The Kier molecular flexibility index (Phi) is 4.55. The maximum absolute atomic E-state index is 10.4. The Morgan fingerprint density at radius 2 is 2.08 bits per heavy atom. The van der Waals surface area contributed by atoms with Crippen molar-refractivity contribution < 1.29 is 9.90 Å². The SMILES string of the molecule is N#CC1(CC(=O)O)C=CCC=C1.[Li].